The zero-order chi connectivity index (χ0) is 26.3. The van der Waals surface area contributed by atoms with Gasteiger partial charge in [0.2, 0.25) is 0 Å². The van der Waals surface area contributed by atoms with E-state index >= 15 is 0 Å². The van der Waals surface area contributed by atoms with Crippen molar-refractivity contribution in [3.8, 4) is 11.5 Å². The molecule has 0 saturated heterocycles. The van der Waals surface area contributed by atoms with Gasteiger partial charge >= 0.3 is 6.09 Å². The fraction of sp³-hybridized carbons (Fsp3) is 0.444. The maximum absolute atomic E-state index is 13.4. The second-order valence-corrected chi connectivity index (χ2v) is 10.9. The number of aromatic hydroxyl groups is 1. The number of nitrogens with one attached hydrogen (secondary N) is 2. The van der Waals surface area contributed by atoms with E-state index in [0.717, 1.165) is 5.56 Å². The predicted octanol–water partition coefficient (Wildman–Crippen LogP) is 5.50. The van der Waals surface area contributed by atoms with E-state index in [-0.39, 0.29) is 40.4 Å². The molecule has 188 valence electrons. The highest BCUT2D eigenvalue weighted by atomic mass is 16.5. The van der Waals surface area contributed by atoms with E-state index in [9.17, 15) is 14.7 Å². The summed E-state index contributed by atoms with van der Waals surface area (Å²) < 4.78 is 5.58. The number of anilines is 1. The van der Waals surface area contributed by atoms with Crippen molar-refractivity contribution >= 4 is 23.4 Å². The van der Waals surface area contributed by atoms with Crippen molar-refractivity contribution in [1.29, 1.82) is 5.41 Å². The number of hydrogen-bond donors (Lipinski definition) is 4. The highest BCUT2D eigenvalue weighted by Gasteiger charge is 2.31. The Kier molecular flexibility index (Phi) is 6.88. The van der Waals surface area contributed by atoms with Gasteiger partial charge in [-0.25, -0.2) is 4.79 Å². The Morgan fingerprint density at radius 2 is 1.63 bits per heavy atom. The van der Waals surface area contributed by atoms with Crippen molar-refractivity contribution in [3.05, 3.63) is 52.1 Å². The van der Waals surface area contributed by atoms with Crippen molar-refractivity contribution < 1.29 is 24.5 Å². The third-order valence-electron chi connectivity index (χ3n) is 6.06. The Labute approximate surface area is 206 Å². The smallest absolute Gasteiger partial charge is 0.409 e. The van der Waals surface area contributed by atoms with Crippen LogP contribution in [0.1, 0.15) is 81.1 Å². The molecule has 1 heterocycles. The van der Waals surface area contributed by atoms with E-state index in [0.29, 0.717) is 41.2 Å². The van der Waals surface area contributed by atoms with Gasteiger partial charge in [-0.05, 0) is 47.6 Å². The molecule has 0 radical (unpaired) electrons. The van der Waals surface area contributed by atoms with Crippen LogP contribution in [0.5, 0.6) is 11.5 Å². The molecule has 0 atom stereocenters. The van der Waals surface area contributed by atoms with Gasteiger partial charge in [0.1, 0.15) is 17.3 Å². The fourth-order valence-corrected chi connectivity index (χ4v) is 4.25. The van der Waals surface area contributed by atoms with E-state index < -0.39 is 6.09 Å². The SMILES string of the molecule is CCOc1cc2c(cc1NC(=O)O)C(=N)N(CC(=O)c1cc(C(C)(C)C)c(O)c(C(C)(C)C)c1)C2. The molecule has 0 bridgehead atoms. The number of benzene rings is 2. The average Bonchev–Trinajstić information content (AvgIpc) is 3.01. The number of ether oxygens (including phenoxy) is 1. The van der Waals surface area contributed by atoms with Crippen LogP contribution in [-0.4, -0.2) is 46.0 Å². The van der Waals surface area contributed by atoms with Crippen LogP contribution in [0.15, 0.2) is 24.3 Å². The predicted molar refractivity (Wildman–Crippen MR) is 136 cm³/mol. The lowest BCUT2D eigenvalue weighted by Crippen LogP contribution is -2.30. The number of Topliss-reactive ketones (excluding diaryl/α,β-unsaturated/α-hetero) is 1. The quantitative estimate of drug-likeness (QED) is 0.404. The molecule has 0 spiro atoms. The van der Waals surface area contributed by atoms with Gasteiger partial charge in [0, 0.05) is 28.8 Å². The molecule has 8 heteroatoms. The molecule has 0 aliphatic carbocycles. The number of fused-ring (bicyclic) bond motifs is 1. The number of amidine groups is 1. The van der Waals surface area contributed by atoms with Crippen LogP contribution in [0, 0.1) is 5.41 Å². The number of phenols is 1. The molecule has 2 aromatic rings. The van der Waals surface area contributed by atoms with Crippen LogP contribution in [0.3, 0.4) is 0 Å². The normalized spacial score (nSPS) is 13.6. The fourth-order valence-electron chi connectivity index (χ4n) is 4.25. The Balaban J connectivity index is 1.94. The standard InChI is InChI=1S/C27H35N3O5/c1-8-35-22-11-16-13-30(24(28)17(16)12-20(22)29-25(33)34)14-21(31)15-9-18(26(2,3)4)23(32)19(10-15)27(5,6)7/h9-12,28-29,32H,8,13-14H2,1-7H3,(H,33,34). The van der Waals surface area contributed by atoms with Crippen molar-refractivity contribution in [1.82, 2.24) is 4.90 Å². The molecule has 4 N–H and O–H groups in total. The molecule has 0 unspecified atom stereocenters. The van der Waals surface area contributed by atoms with Crippen LogP contribution in [0.4, 0.5) is 10.5 Å². The Morgan fingerprint density at radius 3 is 2.11 bits per heavy atom. The topological polar surface area (TPSA) is 123 Å². The third kappa shape index (κ3) is 5.42. The van der Waals surface area contributed by atoms with Gasteiger partial charge in [-0.3, -0.25) is 15.5 Å². The monoisotopic (exact) mass is 481 g/mol. The van der Waals surface area contributed by atoms with Crippen molar-refractivity contribution in [2.45, 2.75) is 65.8 Å². The zero-order valence-electron chi connectivity index (χ0n) is 21.5. The summed E-state index contributed by atoms with van der Waals surface area (Å²) in [4.78, 5) is 26.3. The van der Waals surface area contributed by atoms with Crippen LogP contribution >= 0.6 is 0 Å². The van der Waals surface area contributed by atoms with Crippen LogP contribution in [0.2, 0.25) is 0 Å². The van der Waals surface area contributed by atoms with Crippen molar-refractivity contribution in [2.75, 3.05) is 18.5 Å². The van der Waals surface area contributed by atoms with Crippen LogP contribution in [0.25, 0.3) is 0 Å². The minimum absolute atomic E-state index is 0.0168. The molecule has 0 saturated carbocycles. The van der Waals surface area contributed by atoms with E-state index in [1.807, 2.05) is 41.5 Å². The number of carbonyl (C=O) groups is 2. The maximum atomic E-state index is 13.4. The highest BCUT2D eigenvalue weighted by Crippen LogP contribution is 2.40. The van der Waals surface area contributed by atoms with Crippen molar-refractivity contribution in [3.63, 3.8) is 0 Å². The summed E-state index contributed by atoms with van der Waals surface area (Å²) in [6.45, 7) is 14.5. The number of nitrogens with zero attached hydrogens (tertiary/aromatic N) is 1. The molecule has 1 aliphatic rings. The number of phenolic OH excluding ortho intramolecular Hbond substituents is 1. The summed E-state index contributed by atoms with van der Waals surface area (Å²) in [5.74, 6) is 0.589. The van der Waals surface area contributed by atoms with E-state index in [4.69, 9.17) is 15.3 Å². The van der Waals surface area contributed by atoms with Crippen molar-refractivity contribution in [2.24, 2.45) is 0 Å². The van der Waals surface area contributed by atoms with Gasteiger partial charge < -0.3 is 19.8 Å². The summed E-state index contributed by atoms with van der Waals surface area (Å²) in [6.07, 6.45) is -1.22. The largest absolute Gasteiger partial charge is 0.507 e. The molecule has 0 fully saturated rings. The Bertz CT molecular complexity index is 1150. The molecular formula is C27H35N3O5. The number of hydrogen-bond acceptors (Lipinski definition) is 5. The van der Waals surface area contributed by atoms with Gasteiger partial charge in [0.05, 0.1) is 18.8 Å². The van der Waals surface area contributed by atoms with Gasteiger partial charge in [0.15, 0.2) is 5.78 Å². The van der Waals surface area contributed by atoms with E-state index in [1.165, 1.54) is 0 Å². The molecule has 1 aliphatic heterocycles. The lowest BCUT2D eigenvalue weighted by Gasteiger charge is -2.28. The first-order valence-electron chi connectivity index (χ1n) is 11.7. The van der Waals surface area contributed by atoms with E-state index in [2.05, 4.69) is 5.32 Å². The number of carboxylic acid groups (broad SMARTS) is 1. The molecule has 0 aromatic heterocycles. The molecule has 3 rings (SSSR count). The lowest BCUT2D eigenvalue weighted by molar-refractivity contribution is 0.0962. The number of rotatable bonds is 6. The Morgan fingerprint density at radius 1 is 1.06 bits per heavy atom. The third-order valence-corrected chi connectivity index (χ3v) is 6.06. The minimum Gasteiger partial charge on any atom is -0.507 e. The van der Waals surface area contributed by atoms with Crippen LogP contribution < -0.4 is 10.1 Å². The second-order valence-electron chi connectivity index (χ2n) is 10.9. The lowest BCUT2D eigenvalue weighted by atomic mass is 9.78. The van der Waals surface area contributed by atoms with E-state index in [1.54, 1.807) is 36.1 Å². The van der Waals surface area contributed by atoms with Crippen LogP contribution in [-0.2, 0) is 17.4 Å². The first kappa shape index (κ1) is 26.1. The zero-order valence-corrected chi connectivity index (χ0v) is 21.5. The minimum atomic E-state index is -1.22. The summed E-state index contributed by atoms with van der Waals surface area (Å²) in [7, 11) is 0. The summed E-state index contributed by atoms with van der Waals surface area (Å²) >= 11 is 0. The first-order valence-corrected chi connectivity index (χ1v) is 11.7. The molecule has 8 nitrogen and oxygen atoms in total. The summed E-state index contributed by atoms with van der Waals surface area (Å²) in [5, 5.41) is 31.1. The molecule has 35 heavy (non-hydrogen) atoms. The molecule has 2 aromatic carbocycles. The summed E-state index contributed by atoms with van der Waals surface area (Å²) in [6, 6.07) is 6.81. The molecular weight excluding hydrogens is 446 g/mol. The van der Waals surface area contributed by atoms with Gasteiger partial charge in [-0.2, -0.15) is 0 Å². The number of ketones is 1. The van der Waals surface area contributed by atoms with Gasteiger partial charge in [-0.1, -0.05) is 41.5 Å². The number of amides is 1. The molecule has 1 amide bonds. The average molecular weight is 482 g/mol. The van der Waals surface area contributed by atoms with Gasteiger partial charge in [-0.15, -0.1) is 0 Å². The van der Waals surface area contributed by atoms with Gasteiger partial charge in [0.25, 0.3) is 0 Å². The Hall–Kier alpha value is -3.55. The highest BCUT2D eigenvalue weighted by molar-refractivity contribution is 6.06. The summed E-state index contributed by atoms with van der Waals surface area (Å²) in [5.41, 5.74) is 2.79. The number of carbonyl (C=O) groups excluding carboxylic acids is 1. The second kappa shape index (κ2) is 9.24. The maximum Gasteiger partial charge on any atom is 0.409 e. The first-order chi connectivity index (χ1) is 16.1.